The van der Waals surface area contributed by atoms with Gasteiger partial charge in [0.05, 0.1) is 5.57 Å². The number of rotatable bonds is 4. The molecule has 1 rings (SSSR count). The first-order valence-corrected chi connectivity index (χ1v) is 6.51. The maximum atomic E-state index is 12.5. The molecule has 1 atom stereocenters. The van der Waals surface area contributed by atoms with Crippen molar-refractivity contribution in [2.75, 3.05) is 5.75 Å². The zero-order valence-electron chi connectivity index (χ0n) is 8.73. The fraction of sp³-hybridized carbons (Fsp3) is 0.800. The van der Waals surface area contributed by atoms with Crippen molar-refractivity contribution in [2.45, 2.75) is 45.2 Å². The standard InChI is InChI=1S/C10H16F3OS/c1-2-3-4-5-9-8(10(11,12)13)6-7-15(9)14/h14H,2-7H2,1H3/q+1. The summed E-state index contributed by atoms with van der Waals surface area (Å²) in [5, 5.41) is 0. The molecule has 0 aromatic heterocycles. The molecule has 0 amide bonds. The summed E-state index contributed by atoms with van der Waals surface area (Å²) in [5.41, 5.74) is -0.468. The third kappa shape index (κ3) is 3.41. The zero-order valence-corrected chi connectivity index (χ0v) is 9.55. The molecule has 1 nitrogen and oxygen atoms in total. The second-order valence-corrected chi connectivity index (χ2v) is 5.31. The lowest BCUT2D eigenvalue weighted by atomic mass is 10.1. The molecule has 1 N–H and O–H groups in total. The van der Waals surface area contributed by atoms with Gasteiger partial charge >= 0.3 is 6.18 Å². The molecule has 0 spiro atoms. The molecular formula is C10H16F3OS+. The van der Waals surface area contributed by atoms with Crippen molar-refractivity contribution in [1.29, 1.82) is 0 Å². The maximum Gasteiger partial charge on any atom is 0.417 e. The van der Waals surface area contributed by atoms with Crippen LogP contribution in [-0.2, 0) is 11.2 Å². The largest absolute Gasteiger partial charge is 0.417 e. The summed E-state index contributed by atoms with van der Waals surface area (Å²) in [5.74, 6) is 0.260. The van der Waals surface area contributed by atoms with E-state index in [0.29, 0.717) is 6.42 Å². The van der Waals surface area contributed by atoms with E-state index in [1.54, 1.807) is 0 Å². The van der Waals surface area contributed by atoms with E-state index in [4.69, 9.17) is 0 Å². The predicted octanol–water partition coefficient (Wildman–Crippen LogP) is 3.88. The van der Waals surface area contributed by atoms with Gasteiger partial charge in [0.15, 0.2) is 21.8 Å². The fourth-order valence-corrected chi connectivity index (χ4v) is 3.23. The van der Waals surface area contributed by atoms with Crippen LogP contribution < -0.4 is 0 Å². The van der Waals surface area contributed by atoms with Crippen molar-refractivity contribution in [3.63, 3.8) is 0 Å². The van der Waals surface area contributed by atoms with Crippen molar-refractivity contribution in [3.05, 3.63) is 10.5 Å². The second-order valence-electron chi connectivity index (χ2n) is 3.68. The van der Waals surface area contributed by atoms with Gasteiger partial charge in [-0.15, -0.1) is 0 Å². The SMILES string of the molecule is CCCCCC1=C(C(F)(F)F)CC[S+]1O. The van der Waals surface area contributed by atoms with Crippen LogP contribution in [0.15, 0.2) is 10.5 Å². The lowest BCUT2D eigenvalue weighted by Crippen LogP contribution is -2.12. The molecule has 1 aliphatic heterocycles. The molecule has 15 heavy (non-hydrogen) atoms. The molecule has 0 bridgehead atoms. The van der Waals surface area contributed by atoms with E-state index < -0.39 is 22.9 Å². The Morgan fingerprint density at radius 3 is 2.53 bits per heavy atom. The van der Waals surface area contributed by atoms with Crippen molar-refractivity contribution in [1.82, 2.24) is 0 Å². The van der Waals surface area contributed by atoms with Crippen molar-refractivity contribution < 1.29 is 17.7 Å². The smallest absolute Gasteiger partial charge is 0.182 e. The number of halogens is 3. The van der Waals surface area contributed by atoms with Crippen molar-refractivity contribution >= 4 is 11.2 Å². The van der Waals surface area contributed by atoms with E-state index in [2.05, 4.69) is 0 Å². The first kappa shape index (κ1) is 12.9. The zero-order chi connectivity index (χ0) is 11.5. The first-order valence-electron chi connectivity index (χ1n) is 5.16. The molecule has 0 aliphatic carbocycles. The average molecular weight is 241 g/mol. The number of hydrogen-bond acceptors (Lipinski definition) is 1. The Hall–Kier alpha value is -0.160. The third-order valence-electron chi connectivity index (χ3n) is 2.52. The highest BCUT2D eigenvalue weighted by molar-refractivity contribution is 7.95. The van der Waals surface area contributed by atoms with Gasteiger partial charge in [-0.2, -0.15) is 17.7 Å². The van der Waals surface area contributed by atoms with Crippen molar-refractivity contribution in [3.8, 4) is 0 Å². The number of alkyl halides is 3. The summed E-state index contributed by atoms with van der Waals surface area (Å²) in [4.78, 5) is 0.260. The molecule has 1 heterocycles. The Morgan fingerprint density at radius 1 is 1.33 bits per heavy atom. The van der Waals surface area contributed by atoms with Gasteiger partial charge in [0.2, 0.25) is 0 Å². The third-order valence-corrected chi connectivity index (χ3v) is 4.13. The Labute approximate surface area is 90.9 Å². The van der Waals surface area contributed by atoms with Crippen LogP contribution in [0.4, 0.5) is 13.2 Å². The monoisotopic (exact) mass is 241 g/mol. The van der Waals surface area contributed by atoms with Crippen LogP contribution in [0.1, 0.15) is 39.0 Å². The Bertz CT molecular complexity index is 248. The van der Waals surface area contributed by atoms with Gasteiger partial charge in [-0.25, -0.2) is 0 Å². The molecule has 0 aromatic rings. The normalized spacial score (nSPS) is 22.6. The molecule has 0 radical (unpaired) electrons. The summed E-state index contributed by atoms with van der Waals surface area (Å²) in [6.07, 6.45) is -1.20. The van der Waals surface area contributed by atoms with Gasteiger partial charge in [0.1, 0.15) is 0 Å². The molecule has 88 valence electrons. The van der Waals surface area contributed by atoms with Gasteiger partial charge < -0.3 is 0 Å². The fourth-order valence-electron chi connectivity index (χ4n) is 1.71. The van der Waals surface area contributed by atoms with Crippen LogP contribution in [0.5, 0.6) is 0 Å². The molecule has 1 unspecified atom stereocenters. The summed E-state index contributed by atoms with van der Waals surface area (Å²) in [7, 11) is 0. The van der Waals surface area contributed by atoms with E-state index in [-0.39, 0.29) is 17.1 Å². The van der Waals surface area contributed by atoms with E-state index in [0.717, 1.165) is 19.3 Å². The highest BCUT2D eigenvalue weighted by Crippen LogP contribution is 2.39. The van der Waals surface area contributed by atoms with E-state index in [9.17, 15) is 17.7 Å². The second kappa shape index (κ2) is 5.25. The van der Waals surface area contributed by atoms with Crippen LogP contribution in [0, 0.1) is 0 Å². The van der Waals surface area contributed by atoms with Crippen LogP contribution in [0.2, 0.25) is 0 Å². The maximum absolute atomic E-state index is 12.5. The molecule has 5 heteroatoms. The minimum Gasteiger partial charge on any atom is -0.182 e. The number of hydrogen-bond donors (Lipinski definition) is 1. The summed E-state index contributed by atoms with van der Waals surface area (Å²) in [6.45, 7) is 2.01. The van der Waals surface area contributed by atoms with Gasteiger partial charge in [0.25, 0.3) is 0 Å². The Balaban J connectivity index is 2.69. The molecule has 1 aliphatic rings. The van der Waals surface area contributed by atoms with Crippen molar-refractivity contribution in [2.24, 2.45) is 0 Å². The van der Waals surface area contributed by atoms with Crippen LogP contribution in [0.25, 0.3) is 0 Å². The summed E-state index contributed by atoms with van der Waals surface area (Å²) < 4.78 is 47.1. The van der Waals surface area contributed by atoms with Gasteiger partial charge in [-0.1, -0.05) is 19.8 Å². The van der Waals surface area contributed by atoms with E-state index >= 15 is 0 Å². The minimum atomic E-state index is -4.24. The lowest BCUT2D eigenvalue weighted by molar-refractivity contribution is -0.0936. The first-order chi connectivity index (χ1) is 6.96. The highest BCUT2D eigenvalue weighted by Gasteiger charge is 2.47. The average Bonchev–Trinajstić information content (AvgIpc) is 2.48. The van der Waals surface area contributed by atoms with Crippen LogP contribution >= 0.6 is 0 Å². The van der Waals surface area contributed by atoms with Gasteiger partial charge in [0, 0.05) is 12.8 Å². The van der Waals surface area contributed by atoms with Gasteiger partial charge in [-0.3, -0.25) is 0 Å². The van der Waals surface area contributed by atoms with Crippen LogP contribution in [-0.4, -0.2) is 16.5 Å². The topological polar surface area (TPSA) is 20.2 Å². The highest BCUT2D eigenvalue weighted by atomic mass is 32.2. The van der Waals surface area contributed by atoms with E-state index in [1.807, 2.05) is 6.92 Å². The van der Waals surface area contributed by atoms with E-state index in [1.165, 1.54) is 0 Å². The minimum absolute atomic E-state index is 0.00936. The molecule has 0 saturated carbocycles. The van der Waals surface area contributed by atoms with Gasteiger partial charge in [-0.05, 0) is 6.42 Å². The summed E-state index contributed by atoms with van der Waals surface area (Å²) >= 11 is -1.13. The molecule has 0 saturated heterocycles. The Kier molecular flexibility index (Phi) is 4.52. The quantitative estimate of drug-likeness (QED) is 0.585. The number of unbranched alkanes of at least 4 members (excludes halogenated alkanes) is 2. The van der Waals surface area contributed by atoms with Crippen LogP contribution in [0.3, 0.4) is 0 Å². The Morgan fingerprint density at radius 2 is 2.00 bits per heavy atom. The lowest BCUT2D eigenvalue weighted by Gasteiger charge is -2.06. The molecular weight excluding hydrogens is 225 g/mol. The molecule has 0 aromatic carbocycles. The number of allylic oxidation sites excluding steroid dienone is 2. The summed E-state index contributed by atoms with van der Waals surface area (Å²) in [6, 6.07) is 0. The predicted molar refractivity (Wildman–Crippen MR) is 56.7 cm³/mol. The molecule has 0 fully saturated rings.